The Labute approximate surface area is 100 Å². The summed E-state index contributed by atoms with van der Waals surface area (Å²) in [5, 5.41) is 10.7. The highest BCUT2D eigenvalue weighted by Crippen LogP contribution is 2.27. The van der Waals surface area contributed by atoms with E-state index in [-0.39, 0.29) is 11.8 Å². The maximum absolute atomic E-state index is 11.5. The number of nitrogens with zero attached hydrogens (tertiary/aromatic N) is 2. The van der Waals surface area contributed by atoms with Gasteiger partial charge < -0.3 is 4.90 Å². The van der Waals surface area contributed by atoms with Gasteiger partial charge in [0.15, 0.2) is 0 Å². The Bertz CT molecular complexity index is 423. The third-order valence-corrected chi connectivity index (χ3v) is 4.33. The highest BCUT2D eigenvalue weighted by Gasteiger charge is 2.29. The molecule has 1 aliphatic heterocycles. The predicted octanol–water partition coefficient (Wildman–Crippen LogP) is 2.38. The van der Waals surface area contributed by atoms with Gasteiger partial charge in [0.2, 0.25) is 5.91 Å². The number of halogens is 1. The van der Waals surface area contributed by atoms with Gasteiger partial charge >= 0.3 is 0 Å². The van der Waals surface area contributed by atoms with Crippen molar-refractivity contribution < 1.29 is 4.79 Å². The van der Waals surface area contributed by atoms with Crippen LogP contribution in [0.15, 0.2) is 15.9 Å². The zero-order valence-corrected chi connectivity index (χ0v) is 10.3. The fraction of sp³-hybridized carbons (Fsp3) is 0.400. The first kappa shape index (κ1) is 10.7. The van der Waals surface area contributed by atoms with Crippen LogP contribution in [-0.4, -0.2) is 17.4 Å². The molecule has 5 heteroatoms. The van der Waals surface area contributed by atoms with Crippen molar-refractivity contribution in [3.8, 4) is 6.07 Å². The van der Waals surface area contributed by atoms with Gasteiger partial charge in [0.25, 0.3) is 0 Å². The van der Waals surface area contributed by atoms with E-state index < -0.39 is 0 Å². The van der Waals surface area contributed by atoms with E-state index >= 15 is 0 Å². The summed E-state index contributed by atoms with van der Waals surface area (Å²) in [5.41, 5.74) is 0. The molecule has 0 radical (unpaired) electrons. The molecule has 2 heterocycles. The molecule has 78 valence electrons. The minimum absolute atomic E-state index is 0.0850. The van der Waals surface area contributed by atoms with Crippen LogP contribution in [0, 0.1) is 17.2 Å². The second kappa shape index (κ2) is 4.33. The van der Waals surface area contributed by atoms with Crippen LogP contribution in [0.3, 0.4) is 0 Å². The molecular weight excluding hydrogens is 276 g/mol. The van der Waals surface area contributed by atoms with Crippen LogP contribution in [0.5, 0.6) is 0 Å². The Kier molecular flexibility index (Phi) is 3.08. The van der Waals surface area contributed by atoms with Crippen molar-refractivity contribution >= 4 is 33.2 Å². The van der Waals surface area contributed by atoms with Gasteiger partial charge in [0.1, 0.15) is 0 Å². The van der Waals surface area contributed by atoms with Crippen LogP contribution in [0.4, 0.5) is 0 Å². The Morgan fingerprint density at radius 1 is 1.73 bits per heavy atom. The van der Waals surface area contributed by atoms with Crippen molar-refractivity contribution in [1.29, 1.82) is 5.26 Å². The number of hydrogen-bond donors (Lipinski definition) is 0. The zero-order valence-electron chi connectivity index (χ0n) is 7.94. The molecule has 0 aliphatic carbocycles. The molecule has 1 atom stereocenters. The third kappa shape index (κ3) is 2.21. The highest BCUT2D eigenvalue weighted by atomic mass is 79.9. The molecule has 3 nitrogen and oxygen atoms in total. The smallest absolute Gasteiger partial charge is 0.224 e. The number of nitriles is 1. The first-order valence-electron chi connectivity index (χ1n) is 4.60. The van der Waals surface area contributed by atoms with Gasteiger partial charge in [0.05, 0.1) is 18.5 Å². The second-order valence-electron chi connectivity index (χ2n) is 3.50. The molecule has 15 heavy (non-hydrogen) atoms. The molecule has 1 fully saturated rings. The van der Waals surface area contributed by atoms with E-state index in [1.807, 2.05) is 11.4 Å². The van der Waals surface area contributed by atoms with Gasteiger partial charge in [-0.3, -0.25) is 4.79 Å². The SMILES string of the molecule is N#CC1CC(=O)N(Cc2sccc2Br)C1. The molecule has 1 amide bonds. The lowest BCUT2D eigenvalue weighted by Crippen LogP contribution is -2.24. The molecule has 1 aliphatic rings. The summed E-state index contributed by atoms with van der Waals surface area (Å²) in [5.74, 6) is -0.0434. The topological polar surface area (TPSA) is 44.1 Å². The van der Waals surface area contributed by atoms with Crippen LogP contribution in [0.1, 0.15) is 11.3 Å². The van der Waals surface area contributed by atoms with Gasteiger partial charge in [-0.25, -0.2) is 0 Å². The van der Waals surface area contributed by atoms with Crippen molar-refractivity contribution in [3.63, 3.8) is 0 Å². The van der Waals surface area contributed by atoms with E-state index in [2.05, 4.69) is 22.0 Å². The second-order valence-corrected chi connectivity index (χ2v) is 5.35. The predicted molar refractivity (Wildman–Crippen MR) is 61.2 cm³/mol. The summed E-state index contributed by atoms with van der Waals surface area (Å²) in [6.07, 6.45) is 0.374. The lowest BCUT2D eigenvalue weighted by molar-refractivity contribution is -0.128. The number of rotatable bonds is 2. The van der Waals surface area contributed by atoms with E-state index in [1.165, 1.54) is 0 Å². The molecule has 0 bridgehead atoms. The normalized spacial score (nSPS) is 20.7. The van der Waals surface area contributed by atoms with Crippen LogP contribution in [0.25, 0.3) is 0 Å². The highest BCUT2D eigenvalue weighted by molar-refractivity contribution is 9.10. The largest absolute Gasteiger partial charge is 0.336 e. The lowest BCUT2D eigenvalue weighted by Gasteiger charge is -2.14. The third-order valence-electron chi connectivity index (χ3n) is 2.42. The van der Waals surface area contributed by atoms with Crippen LogP contribution in [-0.2, 0) is 11.3 Å². The first-order valence-corrected chi connectivity index (χ1v) is 6.27. The average Bonchev–Trinajstić information content (AvgIpc) is 2.76. The van der Waals surface area contributed by atoms with Crippen LogP contribution < -0.4 is 0 Å². The molecular formula is C10H9BrN2OS. The molecule has 0 spiro atoms. The lowest BCUT2D eigenvalue weighted by atomic mass is 10.1. The first-order chi connectivity index (χ1) is 7.20. The Hall–Kier alpha value is -0.860. The van der Waals surface area contributed by atoms with Crippen molar-refractivity contribution in [2.75, 3.05) is 6.54 Å². The minimum atomic E-state index is -0.128. The number of amides is 1. The van der Waals surface area contributed by atoms with Gasteiger partial charge in [-0.2, -0.15) is 5.26 Å². The Morgan fingerprint density at radius 2 is 2.53 bits per heavy atom. The Morgan fingerprint density at radius 3 is 3.07 bits per heavy atom. The van der Waals surface area contributed by atoms with E-state index in [4.69, 9.17) is 5.26 Å². The van der Waals surface area contributed by atoms with E-state index in [9.17, 15) is 4.79 Å². The van der Waals surface area contributed by atoms with Crippen molar-refractivity contribution in [3.05, 3.63) is 20.8 Å². The summed E-state index contributed by atoms with van der Waals surface area (Å²) in [4.78, 5) is 14.4. The van der Waals surface area contributed by atoms with E-state index in [0.717, 1.165) is 9.35 Å². The maximum atomic E-state index is 11.5. The molecule has 0 N–H and O–H groups in total. The number of carbonyl (C=O) groups is 1. The number of likely N-dealkylation sites (tertiary alicyclic amines) is 1. The van der Waals surface area contributed by atoms with Gasteiger partial charge in [-0.05, 0) is 27.4 Å². The van der Waals surface area contributed by atoms with Crippen LogP contribution in [0.2, 0.25) is 0 Å². The molecule has 1 aromatic rings. The average molecular weight is 285 g/mol. The summed E-state index contributed by atoms with van der Waals surface area (Å²) in [7, 11) is 0. The van der Waals surface area contributed by atoms with Crippen molar-refractivity contribution in [1.82, 2.24) is 4.90 Å². The fourth-order valence-corrected chi connectivity index (χ4v) is 3.12. The number of thiophene rings is 1. The van der Waals surface area contributed by atoms with Gasteiger partial charge in [-0.15, -0.1) is 11.3 Å². The molecule has 0 saturated carbocycles. The molecule has 1 aromatic heterocycles. The summed E-state index contributed by atoms with van der Waals surface area (Å²) in [6.45, 7) is 1.19. The molecule has 1 unspecified atom stereocenters. The monoisotopic (exact) mass is 284 g/mol. The fourth-order valence-electron chi connectivity index (χ4n) is 1.62. The van der Waals surface area contributed by atoms with E-state index in [1.54, 1.807) is 16.2 Å². The maximum Gasteiger partial charge on any atom is 0.224 e. The van der Waals surface area contributed by atoms with Crippen LogP contribution >= 0.6 is 27.3 Å². The van der Waals surface area contributed by atoms with Gasteiger partial charge in [0, 0.05) is 22.3 Å². The standard InChI is InChI=1S/C10H9BrN2OS/c11-8-1-2-15-9(8)6-13-5-7(4-12)3-10(13)14/h1-2,7H,3,5-6H2. The van der Waals surface area contributed by atoms with Gasteiger partial charge in [-0.1, -0.05) is 0 Å². The molecule has 0 aromatic carbocycles. The number of carbonyl (C=O) groups excluding carboxylic acids is 1. The van der Waals surface area contributed by atoms with Crippen molar-refractivity contribution in [2.45, 2.75) is 13.0 Å². The summed E-state index contributed by atoms with van der Waals surface area (Å²) >= 11 is 5.06. The van der Waals surface area contributed by atoms with E-state index in [0.29, 0.717) is 19.5 Å². The zero-order chi connectivity index (χ0) is 10.8. The Balaban J connectivity index is 2.05. The number of hydrogen-bond acceptors (Lipinski definition) is 3. The summed E-state index contributed by atoms with van der Waals surface area (Å²) < 4.78 is 1.04. The quantitative estimate of drug-likeness (QED) is 0.837. The van der Waals surface area contributed by atoms with Crippen molar-refractivity contribution in [2.24, 2.45) is 5.92 Å². The molecule has 1 saturated heterocycles. The summed E-state index contributed by atoms with van der Waals surface area (Å²) in [6, 6.07) is 4.12. The minimum Gasteiger partial charge on any atom is -0.336 e. The molecule has 2 rings (SSSR count).